The van der Waals surface area contributed by atoms with E-state index in [9.17, 15) is 0 Å². The van der Waals surface area contributed by atoms with Crippen molar-refractivity contribution in [3.63, 3.8) is 0 Å². The minimum absolute atomic E-state index is 0.314. The summed E-state index contributed by atoms with van der Waals surface area (Å²) < 4.78 is 5.83. The lowest BCUT2D eigenvalue weighted by atomic mass is 9.84. The van der Waals surface area contributed by atoms with Gasteiger partial charge in [-0.2, -0.15) is 0 Å². The van der Waals surface area contributed by atoms with Crippen LogP contribution in [-0.2, 0) is 4.74 Å². The third kappa shape index (κ3) is 5.13. The fourth-order valence-electron chi connectivity index (χ4n) is 5.01. The first-order valence-electron chi connectivity index (χ1n) is 12.8. The van der Waals surface area contributed by atoms with Crippen molar-refractivity contribution in [1.29, 1.82) is 0 Å². The van der Waals surface area contributed by atoms with Gasteiger partial charge in [0.15, 0.2) is 0 Å². The number of fused-ring (bicyclic) bond motifs is 2. The zero-order chi connectivity index (χ0) is 25.8. The molecule has 5 rings (SSSR count). The van der Waals surface area contributed by atoms with Crippen LogP contribution in [0.1, 0.15) is 19.4 Å². The SMILES string of the molecule is C=C1/C=C\C=C/C(C)C(C)/C=C(c2c3ccccc3c(-c3ccccc3)c3ccccc23)\C=C/C(=C)O1. The van der Waals surface area contributed by atoms with Gasteiger partial charge < -0.3 is 4.74 Å². The minimum Gasteiger partial charge on any atom is -0.459 e. The molecule has 0 spiro atoms. The van der Waals surface area contributed by atoms with Crippen LogP contribution >= 0.6 is 0 Å². The fourth-order valence-corrected chi connectivity index (χ4v) is 5.01. The van der Waals surface area contributed by atoms with Gasteiger partial charge >= 0.3 is 0 Å². The minimum atomic E-state index is 0.314. The third-order valence-electron chi connectivity index (χ3n) is 7.07. The van der Waals surface area contributed by atoms with E-state index in [4.69, 9.17) is 4.74 Å². The summed E-state index contributed by atoms with van der Waals surface area (Å²) in [7, 11) is 0. The molecular weight excluding hydrogens is 448 g/mol. The lowest BCUT2D eigenvalue weighted by Gasteiger charge is -2.20. The maximum absolute atomic E-state index is 5.83. The van der Waals surface area contributed by atoms with Crippen LogP contribution in [0.5, 0.6) is 0 Å². The van der Waals surface area contributed by atoms with Crippen molar-refractivity contribution in [3.05, 3.63) is 152 Å². The smallest absolute Gasteiger partial charge is 0.120 e. The van der Waals surface area contributed by atoms with E-state index >= 15 is 0 Å². The highest BCUT2D eigenvalue weighted by molar-refractivity contribution is 6.19. The number of rotatable bonds is 2. The zero-order valence-corrected chi connectivity index (χ0v) is 21.5. The van der Waals surface area contributed by atoms with E-state index in [1.165, 1.54) is 38.2 Å². The largest absolute Gasteiger partial charge is 0.459 e. The number of ether oxygens (including phenoxy) is 1. The lowest BCUT2D eigenvalue weighted by Crippen LogP contribution is -2.03. The average Bonchev–Trinajstić information content (AvgIpc) is 2.92. The van der Waals surface area contributed by atoms with Gasteiger partial charge in [0.25, 0.3) is 0 Å². The number of allylic oxidation sites excluding steroid dienone is 8. The van der Waals surface area contributed by atoms with E-state index in [1.54, 1.807) is 0 Å². The van der Waals surface area contributed by atoms with Crippen molar-refractivity contribution in [3.8, 4) is 11.1 Å². The molecule has 182 valence electrons. The molecule has 0 amide bonds. The van der Waals surface area contributed by atoms with Crippen LogP contribution in [0.4, 0.5) is 0 Å². The molecule has 1 heteroatoms. The predicted molar refractivity (Wildman–Crippen MR) is 160 cm³/mol. The molecule has 2 atom stereocenters. The van der Waals surface area contributed by atoms with Gasteiger partial charge in [0.05, 0.1) is 0 Å². The Morgan fingerprint density at radius 3 is 1.73 bits per heavy atom. The van der Waals surface area contributed by atoms with Crippen molar-refractivity contribution < 1.29 is 4.74 Å². The van der Waals surface area contributed by atoms with E-state index in [0.717, 1.165) is 5.57 Å². The molecule has 1 aliphatic heterocycles. The Morgan fingerprint density at radius 1 is 0.568 bits per heavy atom. The zero-order valence-electron chi connectivity index (χ0n) is 21.5. The highest BCUT2D eigenvalue weighted by Crippen LogP contribution is 2.42. The maximum atomic E-state index is 5.83. The highest BCUT2D eigenvalue weighted by atomic mass is 16.5. The van der Waals surface area contributed by atoms with Crippen molar-refractivity contribution in [2.24, 2.45) is 11.8 Å². The van der Waals surface area contributed by atoms with Gasteiger partial charge in [-0.15, -0.1) is 0 Å². The first-order valence-corrected chi connectivity index (χ1v) is 12.8. The summed E-state index contributed by atoms with van der Waals surface area (Å²) in [5.74, 6) is 1.79. The van der Waals surface area contributed by atoms with E-state index in [0.29, 0.717) is 23.4 Å². The van der Waals surface area contributed by atoms with Crippen molar-refractivity contribution in [2.75, 3.05) is 0 Å². The molecule has 0 fully saturated rings. The van der Waals surface area contributed by atoms with Crippen LogP contribution in [0.15, 0.2) is 146 Å². The topological polar surface area (TPSA) is 9.23 Å². The average molecular weight is 481 g/mol. The third-order valence-corrected chi connectivity index (χ3v) is 7.07. The normalized spacial score (nSPS) is 22.7. The molecule has 4 aromatic rings. The Labute approximate surface area is 220 Å². The van der Waals surface area contributed by atoms with Crippen LogP contribution in [0.25, 0.3) is 38.2 Å². The number of benzene rings is 4. The Kier molecular flexibility index (Phi) is 7.05. The van der Waals surface area contributed by atoms with E-state index in [1.807, 2.05) is 18.2 Å². The van der Waals surface area contributed by atoms with Gasteiger partial charge in [0, 0.05) is 0 Å². The van der Waals surface area contributed by atoms with Gasteiger partial charge in [-0.05, 0) is 67.8 Å². The molecule has 1 aliphatic rings. The second-order valence-electron chi connectivity index (χ2n) is 9.66. The summed E-state index contributed by atoms with van der Waals surface area (Å²) in [5.41, 5.74) is 4.87. The molecular formula is C36H32O. The van der Waals surface area contributed by atoms with Gasteiger partial charge in [0.1, 0.15) is 11.5 Å². The Hall–Kier alpha value is -4.36. The summed E-state index contributed by atoms with van der Waals surface area (Å²) in [6, 6.07) is 28.2. The van der Waals surface area contributed by atoms with E-state index in [-0.39, 0.29) is 0 Å². The summed E-state index contributed by atoms with van der Waals surface area (Å²) >= 11 is 0. The van der Waals surface area contributed by atoms with Crippen LogP contribution < -0.4 is 0 Å². The molecule has 0 radical (unpaired) electrons. The molecule has 0 bridgehead atoms. The number of hydrogen-bond acceptors (Lipinski definition) is 1. The molecule has 0 N–H and O–H groups in total. The van der Waals surface area contributed by atoms with Gasteiger partial charge in [0.2, 0.25) is 0 Å². The lowest BCUT2D eigenvalue weighted by molar-refractivity contribution is 0.340. The molecule has 2 unspecified atom stereocenters. The second kappa shape index (κ2) is 10.7. The molecule has 37 heavy (non-hydrogen) atoms. The Balaban J connectivity index is 1.82. The molecule has 1 nitrogen and oxygen atoms in total. The van der Waals surface area contributed by atoms with Gasteiger partial charge in [-0.25, -0.2) is 0 Å². The van der Waals surface area contributed by atoms with Crippen molar-refractivity contribution in [2.45, 2.75) is 13.8 Å². The van der Waals surface area contributed by atoms with Gasteiger partial charge in [-0.3, -0.25) is 0 Å². The van der Waals surface area contributed by atoms with E-state index < -0.39 is 0 Å². The fraction of sp³-hybridized carbons (Fsp3) is 0.111. The Morgan fingerprint density at radius 2 is 1.11 bits per heavy atom. The molecule has 0 aromatic heterocycles. The Bertz CT molecular complexity index is 1540. The molecule has 4 aromatic carbocycles. The summed E-state index contributed by atoms with van der Waals surface area (Å²) in [4.78, 5) is 0. The molecule has 0 aliphatic carbocycles. The number of hydrogen-bond donors (Lipinski definition) is 0. The van der Waals surface area contributed by atoms with Crippen LogP contribution in [0.2, 0.25) is 0 Å². The summed E-state index contributed by atoms with van der Waals surface area (Å²) in [6.45, 7) is 12.6. The highest BCUT2D eigenvalue weighted by Gasteiger charge is 2.18. The molecule has 0 saturated carbocycles. The second-order valence-corrected chi connectivity index (χ2v) is 9.66. The maximum Gasteiger partial charge on any atom is 0.120 e. The summed E-state index contributed by atoms with van der Waals surface area (Å²) in [6.07, 6.45) is 14.6. The predicted octanol–water partition coefficient (Wildman–Crippen LogP) is 10.0. The van der Waals surface area contributed by atoms with Crippen LogP contribution in [-0.4, -0.2) is 0 Å². The first-order chi connectivity index (χ1) is 18.0. The monoisotopic (exact) mass is 480 g/mol. The van der Waals surface area contributed by atoms with Crippen molar-refractivity contribution >= 4 is 27.1 Å². The first kappa shape index (κ1) is 24.3. The quantitative estimate of drug-likeness (QED) is 0.259. The molecule has 0 saturated heterocycles. The van der Waals surface area contributed by atoms with Crippen molar-refractivity contribution in [1.82, 2.24) is 0 Å². The summed E-state index contributed by atoms with van der Waals surface area (Å²) in [5, 5.41) is 4.95. The molecule has 1 heterocycles. The van der Waals surface area contributed by atoms with E-state index in [2.05, 4.69) is 130 Å². The van der Waals surface area contributed by atoms with Gasteiger partial charge in [-0.1, -0.05) is 136 Å². The van der Waals surface area contributed by atoms with Crippen LogP contribution in [0.3, 0.4) is 0 Å². The van der Waals surface area contributed by atoms with Crippen LogP contribution in [0, 0.1) is 11.8 Å². The standard InChI is InChI=1S/C36H32O/c1-25-14-8-9-15-27(3)37-28(4)22-23-30(24-26(25)2)36-33-20-12-10-18-31(33)35(29-16-6-5-7-17-29)32-19-11-13-21-34(32)36/h5-26H,3-4H2,1-2H3/b14-8-,15-9-,23-22-,30-24+.